The van der Waals surface area contributed by atoms with Crippen LogP contribution < -0.4 is 5.32 Å². The van der Waals surface area contributed by atoms with Gasteiger partial charge in [0.15, 0.2) is 0 Å². The van der Waals surface area contributed by atoms with Crippen LogP contribution in [0.15, 0.2) is 24.3 Å². The van der Waals surface area contributed by atoms with Crippen molar-refractivity contribution in [3.63, 3.8) is 0 Å². The summed E-state index contributed by atoms with van der Waals surface area (Å²) in [6, 6.07) is 9.20. The van der Waals surface area contributed by atoms with Crippen LogP contribution in [0.5, 0.6) is 0 Å². The molecule has 0 radical (unpaired) electrons. The molecule has 0 aliphatic rings. The third-order valence-corrected chi connectivity index (χ3v) is 2.02. The molecule has 66 valence electrons. The molecule has 0 bridgehead atoms. The predicted molar refractivity (Wildman–Crippen MR) is 58.0 cm³/mol. The molecule has 1 aromatic rings. The van der Waals surface area contributed by atoms with E-state index in [-0.39, 0.29) is 12.3 Å². The summed E-state index contributed by atoms with van der Waals surface area (Å²) in [6.45, 7) is 0. The van der Waals surface area contributed by atoms with Gasteiger partial charge in [-0.25, -0.2) is 0 Å². The summed E-state index contributed by atoms with van der Waals surface area (Å²) in [5, 5.41) is 10.9. The number of nitrogens with one attached hydrogen (secondary N) is 1. The maximum atomic E-state index is 11.0. The standard InChI is InChI=1S/C9H7IN2O/c10-7-2-1-3-8(6-7)12-9(13)4-5-11/h1-3,6H,4H2,(H,12,13). The third-order valence-electron chi connectivity index (χ3n) is 1.35. The lowest BCUT2D eigenvalue weighted by molar-refractivity contribution is -0.115. The van der Waals surface area contributed by atoms with Crippen molar-refractivity contribution >= 4 is 34.2 Å². The van der Waals surface area contributed by atoms with Gasteiger partial charge >= 0.3 is 0 Å². The van der Waals surface area contributed by atoms with E-state index in [1.54, 1.807) is 12.1 Å². The van der Waals surface area contributed by atoms with E-state index in [0.717, 1.165) is 9.26 Å². The smallest absolute Gasteiger partial charge is 0.238 e. The number of anilines is 1. The van der Waals surface area contributed by atoms with Crippen LogP contribution in [-0.4, -0.2) is 5.91 Å². The molecule has 0 atom stereocenters. The van der Waals surface area contributed by atoms with Gasteiger partial charge in [0, 0.05) is 9.26 Å². The van der Waals surface area contributed by atoms with E-state index in [1.807, 2.05) is 18.2 Å². The minimum absolute atomic E-state index is 0.106. The fourth-order valence-electron chi connectivity index (χ4n) is 0.843. The van der Waals surface area contributed by atoms with Gasteiger partial charge in [-0.05, 0) is 40.8 Å². The number of benzene rings is 1. The number of nitrogens with zero attached hydrogens (tertiary/aromatic N) is 1. The van der Waals surface area contributed by atoms with Gasteiger partial charge in [0.1, 0.15) is 6.42 Å². The number of carbonyl (C=O) groups is 1. The van der Waals surface area contributed by atoms with E-state index in [0.29, 0.717) is 0 Å². The van der Waals surface area contributed by atoms with Gasteiger partial charge in [0.05, 0.1) is 6.07 Å². The molecule has 0 unspecified atom stereocenters. The van der Waals surface area contributed by atoms with Gasteiger partial charge in [-0.1, -0.05) is 6.07 Å². The van der Waals surface area contributed by atoms with Gasteiger partial charge in [-0.15, -0.1) is 0 Å². The molecule has 13 heavy (non-hydrogen) atoms. The molecule has 1 aromatic carbocycles. The molecule has 4 heteroatoms. The second-order valence-corrected chi connectivity index (χ2v) is 3.64. The summed E-state index contributed by atoms with van der Waals surface area (Å²) in [5.74, 6) is -0.274. The molecule has 0 heterocycles. The Morgan fingerprint density at radius 1 is 1.62 bits per heavy atom. The van der Waals surface area contributed by atoms with Crippen molar-refractivity contribution in [1.82, 2.24) is 0 Å². The Balaban J connectivity index is 2.65. The zero-order valence-electron chi connectivity index (χ0n) is 6.75. The molecule has 0 spiro atoms. The number of rotatable bonds is 2. The van der Waals surface area contributed by atoms with Crippen molar-refractivity contribution in [2.24, 2.45) is 0 Å². The van der Waals surface area contributed by atoms with Gasteiger partial charge in [0.2, 0.25) is 5.91 Å². The second kappa shape index (κ2) is 4.82. The Labute approximate surface area is 89.9 Å². The molecule has 0 aliphatic heterocycles. The van der Waals surface area contributed by atoms with Crippen LogP contribution in [0, 0.1) is 14.9 Å². The summed E-state index contributed by atoms with van der Waals surface area (Å²) in [6.07, 6.45) is -0.106. The van der Waals surface area contributed by atoms with E-state index in [9.17, 15) is 4.79 Å². The molecule has 0 aliphatic carbocycles. The third kappa shape index (κ3) is 3.42. The molecule has 0 aromatic heterocycles. The maximum absolute atomic E-state index is 11.0. The first-order valence-electron chi connectivity index (χ1n) is 3.65. The largest absolute Gasteiger partial charge is 0.325 e. The molecule has 3 nitrogen and oxygen atoms in total. The van der Waals surface area contributed by atoms with Crippen LogP contribution in [0.2, 0.25) is 0 Å². The zero-order chi connectivity index (χ0) is 9.68. The van der Waals surface area contributed by atoms with Gasteiger partial charge in [0.25, 0.3) is 0 Å². The second-order valence-electron chi connectivity index (χ2n) is 2.39. The molecule has 0 saturated carbocycles. The zero-order valence-corrected chi connectivity index (χ0v) is 8.91. The van der Waals surface area contributed by atoms with Crippen LogP contribution in [0.1, 0.15) is 6.42 Å². The predicted octanol–water partition coefficient (Wildman–Crippen LogP) is 2.14. The Morgan fingerprint density at radius 2 is 2.38 bits per heavy atom. The molecule has 1 N–H and O–H groups in total. The average molecular weight is 286 g/mol. The van der Waals surface area contributed by atoms with E-state index >= 15 is 0 Å². The van der Waals surface area contributed by atoms with E-state index < -0.39 is 0 Å². The highest BCUT2D eigenvalue weighted by atomic mass is 127. The van der Waals surface area contributed by atoms with Crippen LogP contribution in [-0.2, 0) is 4.79 Å². The lowest BCUT2D eigenvalue weighted by Crippen LogP contribution is -2.09. The minimum Gasteiger partial charge on any atom is -0.325 e. The van der Waals surface area contributed by atoms with Gasteiger partial charge in [-0.2, -0.15) is 5.26 Å². The normalized spacial score (nSPS) is 8.92. The average Bonchev–Trinajstić information content (AvgIpc) is 2.04. The topological polar surface area (TPSA) is 52.9 Å². The van der Waals surface area contributed by atoms with Crippen molar-refractivity contribution in [1.29, 1.82) is 5.26 Å². The SMILES string of the molecule is N#CCC(=O)Nc1cccc(I)c1. The number of hydrogen-bond donors (Lipinski definition) is 1. The van der Waals surface area contributed by atoms with Crippen molar-refractivity contribution in [3.8, 4) is 6.07 Å². The highest BCUT2D eigenvalue weighted by Crippen LogP contribution is 2.12. The maximum Gasteiger partial charge on any atom is 0.238 e. The summed E-state index contributed by atoms with van der Waals surface area (Å²) in [4.78, 5) is 11.0. The van der Waals surface area contributed by atoms with Crippen LogP contribution in [0.25, 0.3) is 0 Å². The molecular weight excluding hydrogens is 279 g/mol. The number of carbonyl (C=O) groups excluding carboxylic acids is 1. The Kier molecular flexibility index (Phi) is 3.71. The van der Waals surface area contributed by atoms with Crippen LogP contribution in [0.3, 0.4) is 0 Å². The number of amides is 1. The molecule has 0 fully saturated rings. The Bertz CT molecular complexity index is 357. The monoisotopic (exact) mass is 286 g/mol. The quantitative estimate of drug-likeness (QED) is 0.847. The van der Waals surface area contributed by atoms with Crippen molar-refractivity contribution in [2.75, 3.05) is 5.32 Å². The van der Waals surface area contributed by atoms with Gasteiger partial charge in [-0.3, -0.25) is 4.79 Å². The first-order chi connectivity index (χ1) is 6.22. The van der Waals surface area contributed by atoms with Crippen molar-refractivity contribution in [3.05, 3.63) is 27.8 Å². The number of nitriles is 1. The van der Waals surface area contributed by atoms with Crippen LogP contribution >= 0.6 is 22.6 Å². The lowest BCUT2D eigenvalue weighted by Gasteiger charge is -2.01. The Morgan fingerprint density at radius 3 is 3.00 bits per heavy atom. The first-order valence-corrected chi connectivity index (χ1v) is 4.72. The molecule has 1 amide bonds. The Hall–Kier alpha value is -1.09. The molecular formula is C9H7IN2O. The summed E-state index contributed by atoms with van der Waals surface area (Å²) >= 11 is 2.16. The number of halogens is 1. The summed E-state index contributed by atoms with van der Waals surface area (Å²) in [7, 11) is 0. The lowest BCUT2D eigenvalue weighted by atomic mass is 10.3. The fraction of sp³-hybridized carbons (Fsp3) is 0.111. The molecule has 0 saturated heterocycles. The first kappa shape index (κ1) is 9.99. The van der Waals surface area contributed by atoms with E-state index in [1.165, 1.54) is 0 Å². The summed E-state index contributed by atoms with van der Waals surface area (Å²) in [5.41, 5.74) is 0.729. The highest BCUT2D eigenvalue weighted by molar-refractivity contribution is 14.1. The van der Waals surface area contributed by atoms with E-state index in [2.05, 4.69) is 27.9 Å². The van der Waals surface area contributed by atoms with E-state index in [4.69, 9.17) is 5.26 Å². The minimum atomic E-state index is -0.274. The van der Waals surface area contributed by atoms with Crippen molar-refractivity contribution < 1.29 is 4.79 Å². The fourth-order valence-corrected chi connectivity index (χ4v) is 1.39. The van der Waals surface area contributed by atoms with Gasteiger partial charge < -0.3 is 5.32 Å². The molecule has 1 rings (SSSR count). The van der Waals surface area contributed by atoms with Crippen molar-refractivity contribution in [2.45, 2.75) is 6.42 Å². The highest BCUT2D eigenvalue weighted by Gasteiger charge is 2.00. The van der Waals surface area contributed by atoms with Crippen LogP contribution in [0.4, 0.5) is 5.69 Å². The number of hydrogen-bond acceptors (Lipinski definition) is 2. The summed E-state index contributed by atoms with van der Waals surface area (Å²) < 4.78 is 1.05.